The van der Waals surface area contributed by atoms with Crippen LogP contribution in [0.3, 0.4) is 0 Å². The third kappa shape index (κ3) is 3.97. The first-order valence-electron chi connectivity index (χ1n) is 5.75. The first-order chi connectivity index (χ1) is 9.29. The van der Waals surface area contributed by atoms with E-state index in [0.717, 1.165) is 15.6 Å². The minimum absolute atomic E-state index is 0.465. The zero-order chi connectivity index (χ0) is 13.5. The molecule has 0 saturated carbocycles. The number of rotatable bonds is 4. The third-order valence-electron chi connectivity index (χ3n) is 2.49. The molecule has 0 heterocycles. The largest absolute Gasteiger partial charge is 0.374 e. The van der Waals surface area contributed by atoms with Crippen LogP contribution in [0.4, 0.5) is 0 Å². The fourth-order valence-corrected chi connectivity index (χ4v) is 1.78. The molecule has 19 heavy (non-hydrogen) atoms. The molecule has 3 heteroatoms. The Kier molecular flexibility index (Phi) is 4.77. The first kappa shape index (κ1) is 13.4. The third-order valence-corrected chi connectivity index (χ3v) is 3.02. The molecule has 0 bridgehead atoms. The molecule has 94 valence electrons. The average Bonchev–Trinajstić information content (AvgIpc) is 2.46. The van der Waals surface area contributed by atoms with Crippen molar-refractivity contribution in [1.29, 1.82) is 0 Å². The van der Waals surface area contributed by atoms with E-state index in [1.165, 1.54) is 0 Å². The van der Waals surface area contributed by atoms with Crippen LogP contribution in [0.25, 0.3) is 0 Å². The van der Waals surface area contributed by atoms with Crippen molar-refractivity contribution < 1.29 is 4.84 Å². The lowest BCUT2D eigenvalue weighted by Crippen LogP contribution is -1.97. The lowest BCUT2D eigenvalue weighted by Gasteiger charge is -2.08. The van der Waals surface area contributed by atoms with Gasteiger partial charge in [0, 0.05) is 10.0 Å². The van der Waals surface area contributed by atoms with E-state index in [4.69, 9.17) is 11.3 Å². The van der Waals surface area contributed by atoms with Crippen LogP contribution in [-0.2, 0) is 4.84 Å². The smallest absolute Gasteiger partial charge is 0.212 e. The summed E-state index contributed by atoms with van der Waals surface area (Å²) >= 11 is 3.38. The highest BCUT2D eigenvalue weighted by molar-refractivity contribution is 9.10. The molecule has 0 spiro atoms. The average molecular weight is 314 g/mol. The monoisotopic (exact) mass is 313 g/mol. The number of hydrogen-bond acceptors (Lipinski definition) is 2. The Bertz CT molecular complexity index is 584. The summed E-state index contributed by atoms with van der Waals surface area (Å²) in [4.78, 5) is 5.33. The van der Waals surface area contributed by atoms with Gasteiger partial charge in [-0.05, 0) is 17.7 Å². The van der Waals surface area contributed by atoms with E-state index in [1.54, 1.807) is 6.21 Å². The summed E-state index contributed by atoms with van der Waals surface area (Å²) in [5.74, 6) is 2.57. The van der Waals surface area contributed by atoms with E-state index in [1.807, 2.05) is 54.6 Å². The van der Waals surface area contributed by atoms with Gasteiger partial charge in [0.2, 0.25) is 6.10 Å². The van der Waals surface area contributed by atoms with Crippen molar-refractivity contribution in [2.45, 2.75) is 6.10 Å². The molecular formula is C16H12BrNO. The molecule has 2 aromatic rings. The van der Waals surface area contributed by atoms with Gasteiger partial charge in [0.1, 0.15) is 0 Å². The highest BCUT2D eigenvalue weighted by Gasteiger charge is 2.07. The van der Waals surface area contributed by atoms with Gasteiger partial charge in [-0.25, -0.2) is 0 Å². The molecule has 0 amide bonds. The standard InChI is InChI=1S/C16H12BrNO/c1-2-16(14-6-4-3-5-7-14)19-18-12-13-8-10-15(17)11-9-13/h1,3-12,16H/b18-12+. The Morgan fingerprint density at radius 3 is 2.42 bits per heavy atom. The van der Waals surface area contributed by atoms with Gasteiger partial charge in [0.25, 0.3) is 0 Å². The van der Waals surface area contributed by atoms with Gasteiger partial charge in [0.05, 0.1) is 6.21 Å². The van der Waals surface area contributed by atoms with Gasteiger partial charge >= 0.3 is 0 Å². The van der Waals surface area contributed by atoms with Crippen LogP contribution >= 0.6 is 15.9 Å². The second kappa shape index (κ2) is 6.77. The fraction of sp³-hybridized carbons (Fsp3) is 0.0625. The number of benzene rings is 2. The molecule has 0 aliphatic rings. The SMILES string of the molecule is C#CC(O/N=C/c1ccc(Br)cc1)c1ccccc1. The molecule has 2 rings (SSSR count). The van der Waals surface area contributed by atoms with Crippen molar-refractivity contribution >= 4 is 22.1 Å². The highest BCUT2D eigenvalue weighted by Crippen LogP contribution is 2.16. The van der Waals surface area contributed by atoms with Crippen molar-refractivity contribution in [1.82, 2.24) is 0 Å². The van der Waals surface area contributed by atoms with Crippen molar-refractivity contribution in [3.8, 4) is 12.3 Å². The fourth-order valence-electron chi connectivity index (χ4n) is 1.52. The molecule has 2 aromatic carbocycles. The van der Waals surface area contributed by atoms with E-state index < -0.39 is 6.10 Å². The van der Waals surface area contributed by atoms with Gasteiger partial charge in [-0.1, -0.05) is 69.5 Å². The van der Waals surface area contributed by atoms with Crippen LogP contribution in [-0.4, -0.2) is 6.21 Å². The predicted molar refractivity (Wildman–Crippen MR) is 80.8 cm³/mol. The normalized spacial score (nSPS) is 12.0. The maximum Gasteiger partial charge on any atom is 0.212 e. The van der Waals surface area contributed by atoms with Crippen molar-refractivity contribution in [3.63, 3.8) is 0 Å². The van der Waals surface area contributed by atoms with Gasteiger partial charge < -0.3 is 4.84 Å². The van der Waals surface area contributed by atoms with E-state index >= 15 is 0 Å². The predicted octanol–water partition coefficient (Wildman–Crippen LogP) is 4.17. The van der Waals surface area contributed by atoms with Crippen LogP contribution in [0.15, 0.2) is 64.2 Å². The van der Waals surface area contributed by atoms with Crippen LogP contribution < -0.4 is 0 Å². The second-order valence-corrected chi connectivity index (χ2v) is 4.76. The van der Waals surface area contributed by atoms with Crippen molar-refractivity contribution in [2.75, 3.05) is 0 Å². The molecule has 0 aromatic heterocycles. The number of oxime groups is 1. The summed E-state index contributed by atoms with van der Waals surface area (Å²) < 4.78 is 1.02. The minimum atomic E-state index is -0.465. The molecular weight excluding hydrogens is 302 g/mol. The Morgan fingerprint density at radius 1 is 1.11 bits per heavy atom. The van der Waals surface area contributed by atoms with E-state index in [-0.39, 0.29) is 0 Å². The van der Waals surface area contributed by atoms with Gasteiger partial charge in [-0.15, -0.1) is 6.42 Å². The summed E-state index contributed by atoms with van der Waals surface area (Å²) in [7, 11) is 0. The summed E-state index contributed by atoms with van der Waals surface area (Å²) in [6, 6.07) is 17.4. The quantitative estimate of drug-likeness (QED) is 0.471. The summed E-state index contributed by atoms with van der Waals surface area (Å²) in [5, 5.41) is 3.94. The van der Waals surface area contributed by atoms with Crippen molar-refractivity contribution in [2.24, 2.45) is 5.16 Å². The maximum atomic E-state index is 5.45. The number of nitrogens with zero attached hydrogens (tertiary/aromatic N) is 1. The lowest BCUT2D eigenvalue weighted by molar-refractivity contribution is 0.101. The van der Waals surface area contributed by atoms with Crippen LogP contribution in [0, 0.1) is 12.3 Å². The zero-order valence-corrected chi connectivity index (χ0v) is 11.7. The second-order valence-electron chi connectivity index (χ2n) is 3.85. The molecule has 0 aliphatic heterocycles. The molecule has 1 unspecified atom stereocenters. The molecule has 0 saturated heterocycles. The van der Waals surface area contributed by atoms with E-state index in [2.05, 4.69) is 27.0 Å². The molecule has 0 N–H and O–H groups in total. The van der Waals surface area contributed by atoms with Crippen molar-refractivity contribution in [3.05, 3.63) is 70.2 Å². The van der Waals surface area contributed by atoms with Gasteiger partial charge in [-0.2, -0.15) is 0 Å². The zero-order valence-electron chi connectivity index (χ0n) is 10.2. The van der Waals surface area contributed by atoms with E-state index in [9.17, 15) is 0 Å². The number of hydrogen-bond donors (Lipinski definition) is 0. The van der Waals surface area contributed by atoms with Gasteiger partial charge in [0.15, 0.2) is 0 Å². The first-order valence-corrected chi connectivity index (χ1v) is 6.55. The molecule has 0 aliphatic carbocycles. The van der Waals surface area contributed by atoms with Crippen LogP contribution in [0.1, 0.15) is 17.2 Å². The topological polar surface area (TPSA) is 21.6 Å². The van der Waals surface area contributed by atoms with Crippen LogP contribution in [0.5, 0.6) is 0 Å². The summed E-state index contributed by atoms with van der Waals surface area (Å²) in [6.07, 6.45) is 6.62. The molecule has 0 radical (unpaired) electrons. The summed E-state index contributed by atoms with van der Waals surface area (Å²) in [6.45, 7) is 0. The van der Waals surface area contributed by atoms with E-state index in [0.29, 0.717) is 0 Å². The highest BCUT2D eigenvalue weighted by atomic mass is 79.9. The number of halogens is 1. The maximum absolute atomic E-state index is 5.45. The number of terminal acetylenes is 1. The van der Waals surface area contributed by atoms with Gasteiger partial charge in [-0.3, -0.25) is 0 Å². The van der Waals surface area contributed by atoms with Crippen LogP contribution in [0.2, 0.25) is 0 Å². The molecule has 1 atom stereocenters. The molecule has 0 fully saturated rings. The summed E-state index contributed by atoms with van der Waals surface area (Å²) in [5.41, 5.74) is 1.87. The Hall–Kier alpha value is -2.05. The Labute approximate surface area is 121 Å². The minimum Gasteiger partial charge on any atom is -0.374 e. The Morgan fingerprint density at radius 2 is 1.79 bits per heavy atom. The Balaban J connectivity index is 2.01. The molecule has 2 nitrogen and oxygen atoms in total. The lowest BCUT2D eigenvalue weighted by atomic mass is 10.1.